The Morgan fingerprint density at radius 1 is 0.750 bits per heavy atom. The molecule has 0 heterocycles. The Morgan fingerprint density at radius 2 is 1.20 bits per heavy atom. The monoisotopic (exact) mass is 726 g/mol. The molecule has 1 saturated carbocycles. The van der Waals surface area contributed by atoms with Gasteiger partial charge >= 0.3 is 6.18 Å². The molecule has 0 unspecified atom stereocenters. The molecular formula is C29H29Cl4F3N4O2S2. The van der Waals surface area contributed by atoms with Crippen molar-refractivity contribution in [1.82, 2.24) is 5.32 Å². The average molecular weight is 729 g/mol. The van der Waals surface area contributed by atoms with Crippen LogP contribution in [0.3, 0.4) is 0 Å². The van der Waals surface area contributed by atoms with E-state index in [9.17, 15) is 23.4 Å². The van der Waals surface area contributed by atoms with E-state index in [0.29, 0.717) is 33.0 Å². The summed E-state index contributed by atoms with van der Waals surface area (Å²) in [5.41, 5.74) is 0.561. The van der Waals surface area contributed by atoms with Crippen molar-refractivity contribution in [3.63, 3.8) is 0 Å². The fourth-order valence-corrected chi connectivity index (χ4v) is 5.71. The second kappa shape index (κ2) is 15.7. The molecule has 3 aromatic rings. The van der Waals surface area contributed by atoms with Crippen LogP contribution in [-0.4, -0.2) is 26.5 Å². The molecule has 0 spiro atoms. The summed E-state index contributed by atoms with van der Waals surface area (Å²) < 4.78 is 38.9. The summed E-state index contributed by atoms with van der Waals surface area (Å²) in [7, 11) is 0. The first-order valence-corrected chi connectivity index (χ1v) is 15.6. The van der Waals surface area contributed by atoms with Gasteiger partial charge in [-0.3, -0.25) is 0 Å². The number of benzene rings is 3. The quantitative estimate of drug-likeness (QED) is 0.117. The van der Waals surface area contributed by atoms with E-state index in [0.717, 1.165) is 18.9 Å². The third kappa shape index (κ3) is 9.55. The number of phenols is 2. The van der Waals surface area contributed by atoms with Crippen molar-refractivity contribution in [1.29, 1.82) is 0 Å². The van der Waals surface area contributed by atoms with Crippen LogP contribution in [0.25, 0.3) is 0 Å². The predicted octanol–water partition coefficient (Wildman–Crippen LogP) is 10.5. The summed E-state index contributed by atoms with van der Waals surface area (Å²) in [5.74, 6) is -0.326. The Labute approximate surface area is 284 Å². The number of phenolic OH excluding ortho intramolecular Hbond substituents is 2. The Kier molecular flexibility index (Phi) is 12.9. The maximum absolute atomic E-state index is 13.0. The topological polar surface area (TPSA) is 88.6 Å². The number of halogens is 7. The first kappa shape index (κ1) is 36.1. The van der Waals surface area contributed by atoms with Crippen LogP contribution in [0.15, 0.2) is 36.4 Å². The predicted molar refractivity (Wildman–Crippen MR) is 183 cm³/mol. The summed E-state index contributed by atoms with van der Waals surface area (Å²) in [6, 6.07) is 8.30. The summed E-state index contributed by atoms with van der Waals surface area (Å²) in [6.07, 6.45) is 1.48. The lowest BCUT2D eigenvalue weighted by Crippen LogP contribution is -2.38. The molecule has 0 aromatic heterocycles. The molecule has 1 aliphatic carbocycles. The molecule has 1 aliphatic rings. The van der Waals surface area contributed by atoms with E-state index in [2.05, 4.69) is 21.3 Å². The molecular weight excluding hydrogens is 699 g/mol. The molecule has 6 nitrogen and oxygen atoms in total. The molecule has 3 aromatic carbocycles. The van der Waals surface area contributed by atoms with E-state index in [4.69, 9.17) is 70.8 Å². The van der Waals surface area contributed by atoms with E-state index in [1.54, 1.807) is 19.9 Å². The minimum atomic E-state index is -4.53. The minimum absolute atomic E-state index is 0.0265. The van der Waals surface area contributed by atoms with Gasteiger partial charge in [0.25, 0.3) is 0 Å². The molecule has 15 heteroatoms. The second-order valence-corrected chi connectivity index (χ2v) is 12.3. The molecule has 0 amide bonds. The first-order chi connectivity index (χ1) is 20.6. The molecule has 0 bridgehead atoms. The fourth-order valence-electron chi connectivity index (χ4n) is 4.30. The lowest BCUT2D eigenvalue weighted by molar-refractivity contribution is -0.136. The number of hydrogen-bond donors (Lipinski definition) is 6. The van der Waals surface area contributed by atoms with E-state index in [-0.39, 0.29) is 43.1 Å². The highest BCUT2D eigenvalue weighted by Crippen LogP contribution is 2.40. The summed E-state index contributed by atoms with van der Waals surface area (Å²) >= 11 is 34.3. The van der Waals surface area contributed by atoms with Crippen molar-refractivity contribution in [2.24, 2.45) is 0 Å². The number of para-hydroxylation sites is 1. The van der Waals surface area contributed by atoms with Crippen LogP contribution in [0.1, 0.15) is 48.8 Å². The standard InChI is InChI=1S/C15H11Cl2F3N2OS.C14H18Cl2N2OS/c1-7-9(16)6-11(13(23)12(7)17)22-14(24)21-10-5-3-2-4-8(10)15(18,19)20;1-8-10(15)7-11(13(19)12(8)16)18-14(20)17-9-5-3-2-4-6-9/h2-6,23H,1H3,(H2,21,22,24);7,9,19H,2-6H2,1H3,(H2,17,18,20). The lowest BCUT2D eigenvalue weighted by atomic mass is 9.96. The smallest absolute Gasteiger partial charge is 0.418 e. The van der Waals surface area contributed by atoms with Crippen molar-refractivity contribution in [3.05, 3.63) is 73.2 Å². The molecule has 44 heavy (non-hydrogen) atoms. The summed E-state index contributed by atoms with van der Waals surface area (Å²) in [5, 5.41) is 32.7. The van der Waals surface area contributed by atoms with Gasteiger partial charge in [-0.15, -0.1) is 0 Å². The van der Waals surface area contributed by atoms with Crippen LogP contribution in [0, 0.1) is 13.8 Å². The van der Waals surface area contributed by atoms with Gasteiger partial charge in [0, 0.05) is 16.1 Å². The zero-order chi connectivity index (χ0) is 32.8. The largest absolute Gasteiger partial charge is 0.504 e. The van der Waals surface area contributed by atoms with Crippen LogP contribution in [-0.2, 0) is 6.18 Å². The molecule has 238 valence electrons. The van der Waals surface area contributed by atoms with Gasteiger partial charge in [0.05, 0.1) is 32.7 Å². The van der Waals surface area contributed by atoms with E-state index >= 15 is 0 Å². The second-order valence-electron chi connectivity index (χ2n) is 9.94. The number of anilines is 3. The molecule has 0 aliphatic heterocycles. The number of hydrogen-bond acceptors (Lipinski definition) is 4. The Balaban J connectivity index is 0.000000244. The van der Waals surface area contributed by atoms with Gasteiger partial charge in [-0.05, 0) is 86.5 Å². The van der Waals surface area contributed by atoms with Crippen LogP contribution in [0.4, 0.5) is 30.2 Å². The van der Waals surface area contributed by atoms with Crippen molar-refractivity contribution in [2.45, 2.75) is 58.2 Å². The summed E-state index contributed by atoms with van der Waals surface area (Å²) in [4.78, 5) is 0. The highest BCUT2D eigenvalue weighted by Gasteiger charge is 2.33. The molecule has 4 rings (SSSR count). The Bertz CT molecular complexity index is 1540. The number of aromatic hydroxyl groups is 2. The molecule has 0 radical (unpaired) electrons. The lowest BCUT2D eigenvalue weighted by Gasteiger charge is -2.24. The van der Waals surface area contributed by atoms with Crippen molar-refractivity contribution < 1.29 is 23.4 Å². The third-order valence-corrected chi connectivity index (χ3v) is 8.89. The van der Waals surface area contributed by atoms with E-state index in [1.807, 2.05) is 0 Å². The van der Waals surface area contributed by atoms with Crippen molar-refractivity contribution in [3.8, 4) is 11.5 Å². The van der Waals surface area contributed by atoms with Gasteiger partial charge in [-0.2, -0.15) is 13.2 Å². The SMILES string of the molecule is Cc1c(Cl)cc(NC(=S)NC2CCCCC2)c(O)c1Cl.Cc1c(Cl)cc(NC(=S)Nc2ccccc2C(F)(F)F)c(O)c1Cl. The van der Waals surface area contributed by atoms with Crippen molar-refractivity contribution in [2.75, 3.05) is 16.0 Å². The van der Waals surface area contributed by atoms with Gasteiger partial charge in [0.15, 0.2) is 21.7 Å². The van der Waals surface area contributed by atoms with Crippen molar-refractivity contribution >= 4 is 98.1 Å². The average Bonchev–Trinajstić information content (AvgIpc) is 2.97. The van der Waals surface area contributed by atoms with Crippen LogP contribution in [0.5, 0.6) is 11.5 Å². The van der Waals surface area contributed by atoms with Gasteiger partial charge in [-0.25, -0.2) is 0 Å². The maximum Gasteiger partial charge on any atom is 0.418 e. The molecule has 6 N–H and O–H groups in total. The zero-order valence-electron chi connectivity index (χ0n) is 23.4. The number of thiocarbonyl (C=S) groups is 2. The number of alkyl halides is 3. The van der Waals surface area contributed by atoms with Gasteiger partial charge in [0.1, 0.15) is 0 Å². The van der Waals surface area contributed by atoms with Gasteiger partial charge in [0.2, 0.25) is 0 Å². The van der Waals surface area contributed by atoms with Gasteiger partial charge in [-0.1, -0.05) is 77.8 Å². The molecule has 0 atom stereocenters. The normalized spacial score (nSPS) is 13.4. The maximum atomic E-state index is 13.0. The molecule has 0 saturated heterocycles. The van der Waals surface area contributed by atoms with Crippen LogP contribution in [0.2, 0.25) is 20.1 Å². The van der Waals surface area contributed by atoms with Crippen LogP contribution >= 0.6 is 70.8 Å². The minimum Gasteiger partial charge on any atom is -0.504 e. The highest BCUT2D eigenvalue weighted by atomic mass is 35.5. The third-order valence-electron chi connectivity index (χ3n) is 6.76. The number of rotatable bonds is 4. The fraction of sp³-hybridized carbons (Fsp3) is 0.310. The highest BCUT2D eigenvalue weighted by molar-refractivity contribution is 7.80. The number of nitrogens with one attached hydrogen (secondary N) is 4. The van der Waals surface area contributed by atoms with Gasteiger partial charge < -0.3 is 31.5 Å². The Hall–Kier alpha value is -2.41. The van der Waals surface area contributed by atoms with Crippen LogP contribution < -0.4 is 21.3 Å². The Morgan fingerprint density at radius 3 is 1.70 bits per heavy atom. The molecule has 1 fully saturated rings. The first-order valence-electron chi connectivity index (χ1n) is 13.3. The summed E-state index contributed by atoms with van der Waals surface area (Å²) in [6.45, 7) is 3.37. The zero-order valence-corrected chi connectivity index (χ0v) is 28.1. The van der Waals surface area contributed by atoms with E-state index < -0.39 is 11.7 Å². The van der Waals surface area contributed by atoms with E-state index in [1.165, 1.54) is 43.5 Å².